The first-order valence-corrected chi connectivity index (χ1v) is 9.77. The van der Waals surface area contributed by atoms with Crippen molar-refractivity contribution in [3.63, 3.8) is 0 Å². The molecule has 1 fully saturated rings. The fourth-order valence-corrected chi connectivity index (χ4v) is 3.48. The van der Waals surface area contributed by atoms with Crippen LogP contribution in [0.1, 0.15) is 18.4 Å². The van der Waals surface area contributed by atoms with E-state index in [2.05, 4.69) is 4.98 Å². The van der Waals surface area contributed by atoms with Gasteiger partial charge in [-0.2, -0.15) is 0 Å². The first-order valence-electron chi connectivity index (χ1n) is 9.01. The van der Waals surface area contributed by atoms with E-state index in [1.54, 1.807) is 12.1 Å². The minimum absolute atomic E-state index is 0.0282. The number of halogens is 2. The zero-order valence-electron chi connectivity index (χ0n) is 15.2. The van der Waals surface area contributed by atoms with Gasteiger partial charge in [-0.15, -0.1) is 0 Å². The third-order valence-electron chi connectivity index (χ3n) is 4.74. The second kappa shape index (κ2) is 9.21. The highest BCUT2D eigenvalue weighted by atomic mass is 35.5. The zero-order chi connectivity index (χ0) is 20.1. The van der Waals surface area contributed by atoms with Gasteiger partial charge < -0.3 is 9.80 Å². The zero-order valence-corrected chi connectivity index (χ0v) is 16.7. The van der Waals surface area contributed by atoms with E-state index < -0.39 is 4.92 Å². The molecule has 0 saturated carbocycles. The van der Waals surface area contributed by atoms with Crippen LogP contribution < -0.4 is 4.90 Å². The van der Waals surface area contributed by atoms with Crippen LogP contribution in [0.4, 0.5) is 11.5 Å². The Hall–Kier alpha value is -2.38. The number of piperazine rings is 1. The molecule has 0 radical (unpaired) electrons. The van der Waals surface area contributed by atoms with Crippen molar-refractivity contribution in [2.75, 3.05) is 31.1 Å². The van der Waals surface area contributed by atoms with Gasteiger partial charge in [0, 0.05) is 38.7 Å². The highest BCUT2D eigenvalue weighted by molar-refractivity contribution is 6.42. The molecule has 2 aromatic rings. The van der Waals surface area contributed by atoms with Crippen LogP contribution in [-0.4, -0.2) is 46.9 Å². The largest absolute Gasteiger partial charge is 0.353 e. The van der Waals surface area contributed by atoms with E-state index >= 15 is 0 Å². The van der Waals surface area contributed by atoms with Crippen LogP contribution >= 0.6 is 23.2 Å². The number of aryl methyl sites for hydroxylation is 1. The van der Waals surface area contributed by atoms with Gasteiger partial charge in [0.25, 0.3) is 5.69 Å². The number of hydrogen-bond acceptors (Lipinski definition) is 5. The molecule has 1 aliphatic rings. The number of carbonyl (C=O) groups is 1. The van der Waals surface area contributed by atoms with Crippen molar-refractivity contribution in [3.8, 4) is 0 Å². The van der Waals surface area contributed by atoms with Crippen LogP contribution in [0.2, 0.25) is 10.0 Å². The number of pyridine rings is 1. The minimum Gasteiger partial charge on any atom is -0.353 e. The molecule has 0 aliphatic carbocycles. The average molecular weight is 423 g/mol. The third-order valence-corrected chi connectivity index (χ3v) is 5.48. The van der Waals surface area contributed by atoms with Gasteiger partial charge in [0.1, 0.15) is 12.0 Å². The molecule has 7 nitrogen and oxygen atoms in total. The molecule has 0 atom stereocenters. The summed E-state index contributed by atoms with van der Waals surface area (Å²) in [6.45, 7) is 2.54. The molecule has 1 aliphatic heterocycles. The molecule has 28 heavy (non-hydrogen) atoms. The second-order valence-electron chi connectivity index (χ2n) is 6.60. The van der Waals surface area contributed by atoms with Gasteiger partial charge in [-0.1, -0.05) is 29.3 Å². The molecular weight excluding hydrogens is 403 g/mol. The standard InChI is InChI=1S/C19H20Cl2N4O3/c20-16-6-4-14(12-17(16)21)2-1-3-19(26)24-10-8-23(9-11-24)18-7-5-15(13-22-18)25(27)28/h4-7,12-13H,1-3,8-11H2. The first kappa shape index (κ1) is 20.4. The van der Waals surface area contributed by atoms with Gasteiger partial charge in [0.15, 0.2) is 0 Å². The monoisotopic (exact) mass is 422 g/mol. The van der Waals surface area contributed by atoms with Gasteiger partial charge in [0.2, 0.25) is 5.91 Å². The van der Waals surface area contributed by atoms with Gasteiger partial charge in [-0.05, 0) is 36.6 Å². The second-order valence-corrected chi connectivity index (χ2v) is 7.42. The molecule has 3 rings (SSSR count). The summed E-state index contributed by atoms with van der Waals surface area (Å²) in [4.78, 5) is 30.7. The van der Waals surface area contributed by atoms with E-state index in [1.165, 1.54) is 12.3 Å². The number of amides is 1. The lowest BCUT2D eigenvalue weighted by atomic mass is 10.1. The van der Waals surface area contributed by atoms with Crippen LogP contribution in [0.25, 0.3) is 0 Å². The maximum absolute atomic E-state index is 12.4. The van der Waals surface area contributed by atoms with Gasteiger partial charge in [-0.3, -0.25) is 14.9 Å². The van der Waals surface area contributed by atoms with E-state index in [4.69, 9.17) is 23.2 Å². The molecule has 0 N–H and O–H groups in total. The smallest absolute Gasteiger partial charge is 0.287 e. The number of hydrogen-bond donors (Lipinski definition) is 0. The molecule has 148 valence electrons. The number of aromatic nitrogens is 1. The van der Waals surface area contributed by atoms with Crippen LogP contribution in [0.15, 0.2) is 36.5 Å². The summed E-state index contributed by atoms with van der Waals surface area (Å²) in [7, 11) is 0. The van der Waals surface area contributed by atoms with Gasteiger partial charge in [-0.25, -0.2) is 4.98 Å². The Morgan fingerprint density at radius 1 is 1.11 bits per heavy atom. The van der Waals surface area contributed by atoms with Crippen molar-refractivity contribution in [2.45, 2.75) is 19.3 Å². The Balaban J connectivity index is 1.44. The molecule has 2 heterocycles. The molecule has 9 heteroatoms. The van der Waals surface area contributed by atoms with Gasteiger partial charge in [0.05, 0.1) is 15.0 Å². The van der Waals surface area contributed by atoms with Crippen molar-refractivity contribution in [1.82, 2.24) is 9.88 Å². The first-order chi connectivity index (χ1) is 13.4. The Bertz CT molecular complexity index is 853. The van der Waals surface area contributed by atoms with E-state index in [9.17, 15) is 14.9 Å². The lowest BCUT2D eigenvalue weighted by molar-refractivity contribution is -0.385. The molecule has 0 bridgehead atoms. The minimum atomic E-state index is -0.467. The van der Waals surface area contributed by atoms with Crippen molar-refractivity contribution >= 4 is 40.6 Å². The molecule has 0 unspecified atom stereocenters. The van der Waals surface area contributed by atoms with Crippen molar-refractivity contribution in [1.29, 1.82) is 0 Å². The summed E-state index contributed by atoms with van der Waals surface area (Å²) in [5, 5.41) is 11.8. The number of carbonyl (C=O) groups excluding carboxylic acids is 1. The normalized spacial score (nSPS) is 14.2. The quantitative estimate of drug-likeness (QED) is 0.519. The number of benzene rings is 1. The predicted molar refractivity (Wildman–Crippen MR) is 109 cm³/mol. The van der Waals surface area contributed by atoms with Crippen molar-refractivity contribution in [2.24, 2.45) is 0 Å². The molecule has 1 amide bonds. The van der Waals surface area contributed by atoms with E-state index in [0.29, 0.717) is 48.5 Å². The maximum atomic E-state index is 12.4. The molecule has 1 saturated heterocycles. The highest BCUT2D eigenvalue weighted by Gasteiger charge is 2.22. The molecular formula is C19H20Cl2N4O3. The Morgan fingerprint density at radius 2 is 1.86 bits per heavy atom. The molecule has 1 aromatic carbocycles. The number of nitro groups is 1. The van der Waals surface area contributed by atoms with E-state index in [-0.39, 0.29) is 11.6 Å². The van der Waals surface area contributed by atoms with Crippen molar-refractivity contribution in [3.05, 3.63) is 62.3 Å². The number of anilines is 1. The molecule has 1 aromatic heterocycles. The van der Waals surface area contributed by atoms with E-state index in [1.807, 2.05) is 21.9 Å². The van der Waals surface area contributed by atoms with Crippen LogP contribution in [0.3, 0.4) is 0 Å². The summed E-state index contributed by atoms with van der Waals surface area (Å²) in [6, 6.07) is 8.63. The number of rotatable bonds is 6. The summed E-state index contributed by atoms with van der Waals surface area (Å²) in [5.74, 6) is 0.827. The lowest BCUT2D eigenvalue weighted by Crippen LogP contribution is -2.49. The maximum Gasteiger partial charge on any atom is 0.287 e. The molecule has 0 spiro atoms. The highest BCUT2D eigenvalue weighted by Crippen LogP contribution is 2.23. The SMILES string of the molecule is O=C(CCCc1ccc(Cl)c(Cl)c1)N1CCN(c2ccc([N+](=O)[O-])cn2)CC1. The Labute approximate surface area is 173 Å². The summed E-state index contributed by atoms with van der Waals surface area (Å²) < 4.78 is 0. The fraction of sp³-hybridized carbons (Fsp3) is 0.368. The summed E-state index contributed by atoms with van der Waals surface area (Å²) in [5.41, 5.74) is 1.04. The van der Waals surface area contributed by atoms with E-state index in [0.717, 1.165) is 18.4 Å². The van der Waals surface area contributed by atoms with Crippen LogP contribution in [0.5, 0.6) is 0 Å². The summed E-state index contributed by atoms with van der Waals surface area (Å²) >= 11 is 11.9. The predicted octanol–water partition coefficient (Wildman–Crippen LogP) is 3.97. The average Bonchev–Trinajstić information content (AvgIpc) is 2.71. The number of nitrogens with zero attached hydrogens (tertiary/aromatic N) is 4. The fourth-order valence-electron chi connectivity index (χ4n) is 3.16. The third kappa shape index (κ3) is 5.11. The Morgan fingerprint density at radius 3 is 2.46 bits per heavy atom. The lowest BCUT2D eigenvalue weighted by Gasteiger charge is -2.35. The summed E-state index contributed by atoms with van der Waals surface area (Å²) in [6.07, 6.45) is 3.27. The van der Waals surface area contributed by atoms with Crippen molar-refractivity contribution < 1.29 is 9.72 Å². The van der Waals surface area contributed by atoms with Crippen LogP contribution in [0, 0.1) is 10.1 Å². The topological polar surface area (TPSA) is 79.6 Å². The van der Waals surface area contributed by atoms with Crippen LogP contribution in [-0.2, 0) is 11.2 Å². The van der Waals surface area contributed by atoms with Gasteiger partial charge >= 0.3 is 0 Å². The Kier molecular flexibility index (Phi) is 6.70.